The Labute approximate surface area is 147 Å². The van der Waals surface area contributed by atoms with Crippen molar-refractivity contribution in [2.24, 2.45) is 0 Å². The molecule has 0 unspecified atom stereocenters. The number of hydrogen-bond acceptors (Lipinski definition) is 2. The fourth-order valence-corrected chi connectivity index (χ4v) is 3.23. The molecule has 126 valence electrons. The zero-order valence-electron chi connectivity index (χ0n) is 13.4. The Bertz CT molecular complexity index is 570. The van der Waals surface area contributed by atoms with Crippen LogP contribution in [0.25, 0.3) is 0 Å². The smallest absolute Gasteiger partial charge is 0.224 e. The molecule has 23 heavy (non-hydrogen) atoms. The molecule has 1 aromatic carbocycles. The fourth-order valence-electron chi connectivity index (χ4n) is 2.83. The molecule has 1 aromatic rings. The van der Waals surface area contributed by atoms with Crippen LogP contribution >= 0.6 is 23.2 Å². The molecule has 6 heteroatoms. The van der Waals surface area contributed by atoms with Crippen LogP contribution in [0.4, 0.5) is 5.69 Å². The number of carbonyl (C=O) groups is 2. The Balaban J connectivity index is 2.04. The second kappa shape index (κ2) is 8.55. The van der Waals surface area contributed by atoms with E-state index in [0.29, 0.717) is 28.7 Å². The first-order valence-corrected chi connectivity index (χ1v) is 8.76. The zero-order valence-corrected chi connectivity index (χ0v) is 14.9. The van der Waals surface area contributed by atoms with Gasteiger partial charge in [0.2, 0.25) is 11.8 Å². The lowest BCUT2D eigenvalue weighted by atomic mass is 10.2. The van der Waals surface area contributed by atoms with Crippen LogP contribution in [-0.2, 0) is 9.59 Å². The summed E-state index contributed by atoms with van der Waals surface area (Å²) in [5.41, 5.74) is 0.551. The van der Waals surface area contributed by atoms with E-state index < -0.39 is 0 Å². The van der Waals surface area contributed by atoms with E-state index >= 15 is 0 Å². The maximum absolute atomic E-state index is 12.4. The highest BCUT2D eigenvalue weighted by molar-refractivity contribution is 6.44. The number of rotatable bonds is 4. The molecule has 0 radical (unpaired) electrons. The molecule has 0 spiro atoms. The average molecular weight is 357 g/mol. The largest absolute Gasteiger partial charge is 0.343 e. The Morgan fingerprint density at radius 3 is 2.39 bits per heavy atom. The molecule has 1 aliphatic rings. The Morgan fingerprint density at radius 2 is 1.78 bits per heavy atom. The van der Waals surface area contributed by atoms with Gasteiger partial charge in [-0.2, -0.15) is 0 Å². The lowest BCUT2D eigenvalue weighted by molar-refractivity contribution is -0.131. The van der Waals surface area contributed by atoms with Crippen molar-refractivity contribution in [2.45, 2.75) is 39.0 Å². The second-order valence-corrected chi connectivity index (χ2v) is 6.57. The van der Waals surface area contributed by atoms with Gasteiger partial charge in [-0.1, -0.05) is 42.1 Å². The summed E-state index contributed by atoms with van der Waals surface area (Å²) < 4.78 is 0. The highest BCUT2D eigenvalue weighted by Crippen LogP contribution is 2.32. The van der Waals surface area contributed by atoms with Crippen LogP contribution in [0.1, 0.15) is 39.0 Å². The summed E-state index contributed by atoms with van der Waals surface area (Å²) in [6.45, 7) is 3.41. The summed E-state index contributed by atoms with van der Waals surface area (Å²) >= 11 is 12.2. The molecule has 1 aliphatic heterocycles. The van der Waals surface area contributed by atoms with Gasteiger partial charge < -0.3 is 9.80 Å². The van der Waals surface area contributed by atoms with Crippen LogP contribution in [-0.4, -0.2) is 36.3 Å². The van der Waals surface area contributed by atoms with Gasteiger partial charge in [0.25, 0.3) is 0 Å². The van der Waals surface area contributed by atoms with Crippen LogP contribution < -0.4 is 4.90 Å². The molecule has 0 saturated carbocycles. The van der Waals surface area contributed by atoms with E-state index in [1.807, 2.05) is 4.90 Å². The summed E-state index contributed by atoms with van der Waals surface area (Å²) in [5, 5.41) is 0.737. The molecule has 0 aliphatic carbocycles. The van der Waals surface area contributed by atoms with E-state index in [1.54, 1.807) is 18.2 Å². The average Bonchev–Trinajstić information content (AvgIpc) is 2.80. The third-order valence-corrected chi connectivity index (χ3v) is 4.92. The first-order chi connectivity index (χ1) is 11.0. The minimum absolute atomic E-state index is 0.0938. The number of likely N-dealkylation sites (tertiary alicyclic amines) is 1. The number of halogens is 2. The first kappa shape index (κ1) is 18.1. The van der Waals surface area contributed by atoms with Gasteiger partial charge in [0.05, 0.1) is 15.7 Å². The molecular formula is C17H22Cl2N2O2. The van der Waals surface area contributed by atoms with Crippen LogP contribution in [0.5, 0.6) is 0 Å². The van der Waals surface area contributed by atoms with Crippen molar-refractivity contribution in [3.8, 4) is 0 Å². The quantitative estimate of drug-likeness (QED) is 0.813. The lowest BCUT2D eigenvalue weighted by Crippen LogP contribution is -2.37. The SMILES string of the molecule is CC(=O)N(CCC(=O)N1CCCCCC1)c1cccc(Cl)c1Cl. The molecule has 4 nitrogen and oxygen atoms in total. The van der Waals surface area contributed by atoms with Crippen molar-refractivity contribution < 1.29 is 9.59 Å². The minimum Gasteiger partial charge on any atom is -0.343 e. The van der Waals surface area contributed by atoms with E-state index in [2.05, 4.69) is 0 Å². The molecular weight excluding hydrogens is 335 g/mol. The van der Waals surface area contributed by atoms with Crippen LogP contribution in [0, 0.1) is 0 Å². The molecule has 0 N–H and O–H groups in total. The number of hydrogen-bond donors (Lipinski definition) is 0. The summed E-state index contributed by atoms with van der Waals surface area (Å²) in [4.78, 5) is 27.8. The van der Waals surface area contributed by atoms with E-state index in [4.69, 9.17) is 23.2 Å². The van der Waals surface area contributed by atoms with E-state index in [0.717, 1.165) is 25.9 Å². The van der Waals surface area contributed by atoms with Gasteiger partial charge in [-0.3, -0.25) is 9.59 Å². The van der Waals surface area contributed by atoms with Gasteiger partial charge in [-0.05, 0) is 25.0 Å². The monoisotopic (exact) mass is 356 g/mol. The van der Waals surface area contributed by atoms with Gasteiger partial charge in [0.1, 0.15) is 0 Å². The first-order valence-electron chi connectivity index (χ1n) is 8.00. The number of amides is 2. The maximum atomic E-state index is 12.4. The molecule has 1 saturated heterocycles. The van der Waals surface area contributed by atoms with Gasteiger partial charge in [0.15, 0.2) is 0 Å². The lowest BCUT2D eigenvalue weighted by Gasteiger charge is -2.25. The van der Waals surface area contributed by atoms with Crippen molar-refractivity contribution in [2.75, 3.05) is 24.5 Å². The summed E-state index contributed by atoms with van der Waals surface area (Å²) in [6.07, 6.45) is 4.77. The van der Waals surface area contributed by atoms with Crippen molar-refractivity contribution in [1.29, 1.82) is 0 Å². The second-order valence-electron chi connectivity index (χ2n) is 5.79. The minimum atomic E-state index is -0.155. The molecule has 0 bridgehead atoms. The molecule has 1 heterocycles. The molecule has 1 fully saturated rings. The van der Waals surface area contributed by atoms with Gasteiger partial charge in [-0.25, -0.2) is 0 Å². The van der Waals surface area contributed by atoms with E-state index in [9.17, 15) is 9.59 Å². The Morgan fingerprint density at radius 1 is 1.13 bits per heavy atom. The number of nitrogens with zero attached hydrogens (tertiary/aromatic N) is 2. The third kappa shape index (κ3) is 4.85. The Kier molecular flexibility index (Phi) is 6.72. The van der Waals surface area contributed by atoms with Crippen molar-refractivity contribution in [3.63, 3.8) is 0 Å². The fraction of sp³-hybridized carbons (Fsp3) is 0.529. The van der Waals surface area contributed by atoms with E-state index in [1.165, 1.54) is 24.7 Å². The predicted octanol–water partition coefficient (Wildman–Crippen LogP) is 4.14. The number of benzene rings is 1. The molecule has 2 amide bonds. The topological polar surface area (TPSA) is 40.6 Å². The van der Waals surface area contributed by atoms with Gasteiger partial charge in [0, 0.05) is 33.0 Å². The summed E-state index contributed by atoms with van der Waals surface area (Å²) in [7, 11) is 0. The predicted molar refractivity (Wildman–Crippen MR) is 94.2 cm³/mol. The van der Waals surface area contributed by atoms with Crippen molar-refractivity contribution in [1.82, 2.24) is 4.90 Å². The molecule has 2 rings (SSSR count). The zero-order chi connectivity index (χ0) is 16.8. The van der Waals surface area contributed by atoms with Crippen LogP contribution in [0.2, 0.25) is 10.0 Å². The van der Waals surface area contributed by atoms with Crippen molar-refractivity contribution in [3.05, 3.63) is 28.2 Å². The highest BCUT2D eigenvalue weighted by atomic mass is 35.5. The van der Waals surface area contributed by atoms with Gasteiger partial charge >= 0.3 is 0 Å². The van der Waals surface area contributed by atoms with Crippen LogP contribution in [0.15, 0.2) is 18.2 Å². The van der Waals surface area contributed by atoms with Crippen molar-refractivity contribution >= 4 is 40.7 Å². The van der Waals surface area contributed by atoms with E-state index in [-0.39, 0.29) is 11.8 Å². The van der Waals surface area contributed by atoms with Gasteiger partial charge in [-0.15, -0.1) is 0 Å². The maximum Gasteiger partial charge on any atom is 0.224 e. The molecule has 0 atom stereocenters. The normalized spacial score (nSPS) is 15.2. The molecule has 0 aromatic heterocycles. The summed E-state index contributed by atoms with van der Waals surface area (Å²) in [6, 6.07) is 5.16. The number of carbonyl (C=O) groups excluding carboxylic acids is 2. The summed E-state index contributed by atoms with van der Waals surface area (Å²) in [5.74, 6) is -0.0610. The standard InChI is InChI=1S/C17H22Cl2N2O2/c1-13(22)21(15-8-6-7-14(18)17(15)19)12-9-16(23)20-10-4-2-3-5-11-20/h6-8H,2-5,9-12H2,1H3. The highest BCUT2D eigenvalue weighted by Gasteiger charge is 2.20. The van der Waals surface area contributed by atoms with Crippen LogP contribution in [0.3, 0.4) is 0 Å². The third-order valence-electron chi connectivity index (χ3n) is 4.11. The Hall–Kier alpha value is -1.26. The number of anilines is 1.